The minimum absolute atomic E-state index is 0.0467. The van der Waals surface area contributed by atoms with Crippen LogP contribution in [0.15, 0.2) is 12.1 Å². The summed E-state index contributed by atoms with van der Waals surface area (Å²) in [6, 6.07) is 3.88. The van der Waals surface area contributed by atoms with Crippen molar-refractivity contribution < 1.29 is 0 Å². The number of nitrogens with zero attached hydrogens (tertiary/aromatic N) is 3. The molecule has 0 aliphatic rings. The summed E-state index contributed by atoms with van der Waals surface area (Å²) in [6.45, 7) is 4.68. The molecule has 0 aliphatic heterocycles. The van der Waals surface area contributed by atoms with Gasteiger partial charge in [-0.3, -0.25) is 0 Å². The first-order valence-corrected chi connectivity index (χ1v) is 7.33. The van der Waals surface area contributed by atoms with E-state index < -0.39 is 0 Å². The Morgan fingerprint density at radius 1 is 1.21 bits per heavy atom. The number of hydrogen-bond acceptors (Lipinski definition) is 6. The number of rotatable bonds is 5. The Morgan fingerprint density at radius 2 is 1.95 bits per heavy atom. The van der Waals surface area contributed by atoms with Gasteiger partial charge in [0.05, 0.1) is 10.4 Å². The van der Waals surface area contributed by atoms with Gasteiger partial charge in [-0.2, -0.15) is 15.0 Å². The smallest absolute Gasteiger partial charge is 0.229 e. The van der Waals surface area contributed by atoms with Crippen LogP contribution in [0.5, 0.6) is 0 Å². The first kappa shape index (κ1) is 14.3. The van der Waals surface area contributed by atoms with Crippen molar-refractivity contribution in [2.75, 3.05) is 17.2 Å². The van der Waals surface area contributed by atoms with Gasteiger partial charge in [-0.1, -0.05) is 11.6 Å². The third-order valence-electron chi connectivity index (χ3n) is 2.31. The van der Waals surface area contributed by atoms with Gasteiger partial charge >= 0.3 is 0 Å². The molecule has 2 rings (SSSR count). The molecule has 0 amide bonds. The zero-order valence-corrected chi connectivity index (χ0v) is 12.8. The Labute approximate surface area is 125 Å². The van der Waals surface area contributed by atoms with Crippen LogP contribution in [0.3, 0.4) is 0 Å². The number of halogens is 2. The minimum Gasteiger partial charge on any atom is -0.354 e. The first-order valence-electron chi connectivity index (χ1n) is 5.75. The molecule has 2 aromatic heterocycles. The number of hydrogen-bond donors (Lipinski definition) is 2. The number of aromatic nitrogens is 3. The summed E-state index contributed by atoms with van der Waals surface area (Å²) >= 11 is 13.3. The van der Waals surface area contributed by atoms with E-state index in [-0.39, 0.29) is 11.3 Å². The van der Waals surface area contributed by atoms with Crippen LogP contribution < -0.4 is 10.6 Å². The Bertz CT molecular complexity index is 560. The molecule has 5 nitrogen and oxygen atoms in total. The van der Waals surface area contributed by atoms with Crippen LogP contribution in [-0.2, 0) is 0 Å². The molecule has 8 heteroatoms. The summed E-state index contributed by atoms with van der Waals surface area (Å²) < 4.78 is 0.755. The molecule has 0 aromatic carbocycles. The summed E-state index contributed by atoms with van der Waals surface area (Å²) in [7, 11) is 0. The summed E-state index contributed by atoms with van der Waals surface area (Å²) in [6.07, 6.45) is 0. The fraction of sp³-hybridized carbons (Fsp3) is 0.364. The minimum atomic E-state index is 0.0467. The second kappa shape index (κ2) is 6.36. The van der Waals surface area contributed by atoms with Crippen LogP contribution in [0.2, 0.25) is 9.62 Å². The van der Waals surface area contributed by atoms with Gasteiger partial charge in [-0.15, -0.1) is 11.3 Å². The van der Waals surface area contributed by atoms with E-state index in [9.17, 15) is 0 Å². The molecule has 0 saturated heterocycles. The molecule has 102 valence electrons. The van der Waals surface area contributed by atoms with Gasteiger partial charge in [0, 0.05) is 11.4 Å². The molecule has 2 N–H and O–H groups in total. The fourth-order valence-electron chi connectivity index (χ4n) is 1.48. The molecule has 1 atom stereocenters. The Balaban J connectivity index is 2.14. The maximum absolute atomic E-state index is 5.92. The van der Waals surface area contributed by atoms with Crippen molar-refractivity contribution in [3.05, 3.63) is 26.6 Å². The van der Waals surface area contributed by atoms with Crippen LogP contribution >= 0.6 is 34.5 Å². The number of anilines is 2. The predicted molar refractivity (Wildman–Crippen MR) is 80.4 cm³/mol. The second-order valence-corrected chi connectivity index (χ2v) is 5.87. The van der Waals surface area contributed by atoms with E-state index in [0.29, 0.717) is 11.9 Å². The van der Waals surface area contributed by atoms with Crippen molar-refractivity contribution in [3.63, 3.8) is 0 Å². The molecular formula is C11H13Cl2N5S. The average Bonchev–Trinajstić information content (AvgIpc) is 2.75. The quantitative estimate of drug-likeness (QED) is 0.877. The maximum Gasteiger partial charge on any atom is 0.229 e. The van der Waals surface area contributed by atoms with Crippen LogP contribution in [-0.4, -0.2) is 21.5 Å². The summed E-state index contributed by atoms with van der Waals surface area (Å²) in [5.41, 5.74) is 0. The van der Waals surface area contributed by atoms with E-state index in [1.54, 1.807) is 0 Å². The Hall–Kier alpha value is -1.11. The SMILES string of the molecule is CCNc1nc(Cl)nc(NC(C)c2ccc(Cl)s2)n1. The zero-order valence-electron chi connectivity index (χ0n) is 10.4. The highest BCUT2D eigenvalue weighted by molar-refractivity contribution is 7.16. The van der Waals surface area contributed by atoms with E-state index in [1.807, 2.05) is 26.0 Å². The van der Waals surface area contributed by atoms with Gasteiger partial charge < -0.3 is 10.6 Å². The molecule has 0 saturated carbocycles. The fourth-order valence-corrected chi connectivity index (χ4v) is 2.70. The van der Waals surface area contributed by atoms with Crippen molar-refractivity contribution in [2.24, 2.45) is 0 Å². The van der Waals surface area contributed by atoms with Gasteiger partial charge in [-0.25, -0.2) is 0 Å². The van der Waals surface area contributed by atoms with Crippen molar-refractivity contribution in [3.8, 4) is 0 Å². The Morgan fingerprint density at radius 3 is 2.58 bits per heavy atom. The summed E-state index contributed by atoms with van der Waals surface area (Å²) in [5, 5.41) is 6.33. The molecule has 0 radical (unpaired) electrons. The van der Waals surface area contributed by atoms with Crippen LogP contribution in [0.4, 0.5) is 11.9 Å². The molecule has 0 fully saturated rings. The highest BCUT2D eigenvalue weighted by Gasteiger charge is 2.11. The second-order valence-electron chi connectivity index (χ2n) is 3.79. The maximum atomic E-state index is 5.92. The van der Waals surface area contributed by atoms with Crippen molar-refractivity contribution in [1.29, 1.82) is 0 Å². The lowest BCUT2D eigenvalue weighted by Crippen LogP contribution is -2.11. The molecule has 2 aromatic rings. The lowest BCUT2D eigenvalue weighted by Gasteiger charge is -2.12. The summed E-state index contributed by atoms with van der Waals surface area (Å²) in [5.74, 6) is 0.898. The van der Waals surface area contributed by atoms with E-state index in [1.165, 1.54) is 11.3 Å². The normalized spacial score (nSPS) is 12.2. The van der Waals surface area contributed by atoms with Crippen LogP contribution in [0, 0.1) is 0 Å². The van der Waals surface area contributed by atoms with Crippen molar-refractivity contribution in [1.82, 2.24) is 15.0 Å². The first-order chi connectivity index (χ1) is 9.08. The van der Waals surface area contributed by atoms with E-state index >= 15 is 0 Å². The standard InChI is InChI=1S/C11H13Cl2N5S/c1-3-14-10-16-9(13)17-11(18-10)15-6(2)7-4-5-8(12)19-7/h4-6H,3H2,1-2H3,(H2,14,15,16,17,18). The number of nitrogens with one attached hydrogen (secondary N) is 2. The molecule has 0 aliphatic carbocycles. The third-order valence-corrected chi connectivity index (χ3v) is 3.89. The molecular weight excluding hydrogens is 305 g/mol. The van der Waals surface area contributed by atoms with E-state index in [0.717, 1.165) is 15.8 Å². The molecule has 19 heavy (non-hydrogen) atoms. The van der Waals surface area contributed by atoms with Crippen molar-refractivity contribution >= 4 is 46.4 Å². The van der Waals surface area contributed by atoms with Crippen LogP contribution in [0.1, 0.15) is 24.8 Å². The molecule has 0 bridgehead atoms. The highest BCUT2D eigenvalue weighted by atomic mass is 35.5. The van der Waals surface area contributed by atoms with Crippen LogP contribution in [0.25, 0.3) is 0 Å². The summed E-state index contributed by atoms with van der Waals surface area (Å²) in [4.78, 5) is 13.4. The zero-order chi connectivity index (χ0) is 13.8. The molecule has 1 unspecified atom stereocenters. The number of thiophene rings is 1. The van der Waals surface area contributed by atoms with E-state index in [2.05, 4.69) is 25.6 Å². The largest absolute Gasteiger partial charge is 0.354 e. The Kier molecular flexibility index (Phi) is 4.79. The third kappa shape index (κ3) is 3.92. The lowest BCUT2D eigenvalue weighted by atomic mass is 10.3. The van der Waals surface area contributed by atoms with E-state index in [4.69, 9.17) is 23.2 Å². The van der Waals surface area contributed by atoms with Gasteiger partial charge in [0.1, 0.15) is 0 Å². The molecule has 2 heterocycles. The molecule has 0 spiro atoms. The predicted octanol–water partition coefficient (Wildman–Crippen LogP) is 3.84. The average molecular weight is 318 g/mol. The lowest BCUT2D eigenvalue weighted by molar-refractivity contribution is 0.871. The van der Waals surface area contributed by atoms with Crippen molar-refractivity contribution in [2.45, 2.75) is 19.9 Å². The monoisotopic (exact) mass is 317 g/mol. The van der Waals surface area contributed by atoms with Gasteiger partial charge in [-0.05, 0) is 37.6 Å². The van der Waals surface area contributed by atoms with Gasteiger partial charge in [0.25, 0.3) is 0 Å². The highest BCUT2D eigenvalue weighted by Crippen LogP contribution is 2.28. The van der Waals surface area contributed by atoms with Gasteiger partial charge in [0.2, 0.25) is 17.2 Å². The topological polar surface area (TPSA) is 62.7 Å². The van der Waals surface area contributed by atoms with Gasteiger partial charge in [0.15, 0.2) is 0 Å².